The van der Waals surface area contributed by atoms with Gasteiger partial charge in [0.05, 0.1) is 11.5 Å². The van der Waals surface area contributed by atoms with Crippen molar-refractivity contribution in [1.29, 1.82) is 0 Å². The van der Waals surface area contributed by atoms with Crippen molar-refractivity contribution in [2.75, 3.05) is 20.3 Å². The lowest BCUT2D eigenvalue weighted by Crippen LogP contribution is -2.42. The summed E-state index contributed by atoms with van der Waals surface area (Å²) in [7, 11) is -2.42. The lowest BCUT2D eigenvalue weighted by atomic mass is 10.1. The van der Waals surface area contributed by atoms with E-state index in [0.29, 0.717) is 19.0 Å². The fraction of sp³-hybridized carbons (Fsp3) is 0.278. The Morgan fingerprint density at radius 3 is 2.31 bits per heavy atom. The van der Waals surface area contributed by atoms with Crippen LogP contribution in [0.3, 0.4) is 0 Å². The first-order valence-corrected chi connectivity index (χ1v) is 9.41. The first-order chi connectivity index (χ1) is 12.4. The Kier molecular flexibility index (Phi) is 7.14. The molecule has 2 N–H and O–H groups in total. The topological polar surface area (TPSA) is 102 Å². The summed E-state index contributed by atoms with van der Waals surface area (Å²) in [5.74, 6) is -0.739. The Hall–Kier alpha value is -2.42. The van der Waals surface area contributed by atoms with Crippen molar-refractivity contribution < 1.29 is 27.8 Å². The van der Waals surface area contributed by atoms with Crippen molar-refractivity contribution in [2.45, 2.75) is 17.4 Å². The second-order valence-corrected chi connectivity index (χ2v) is 7.23. The van der Waals surface area contributed by atoms with Gasteiger partial charge in [-0.05, 0) is 36.2 Å². The van der Waals surface area contributed by atoms with Gasteiger partial charge in [0.15, 0.2) is 0 Å². The number of ether oxygens (including phenoxy) is 2. The number of methoxy groups -OCH3 is 1. The standard InChI is InChI=1S/C18H21NO6S/c1-24-11-12-25-15-7-9-16(10-8-15)26(22,23)19-17(18(20)21)13-14-5-3-2-4-6-14/h2-10,17,19H,11-13H2,1H3,(H,20,21)/t17-/m1/s1. The van der Waals surface area contributed by atoms with Gasteiger partial charge >= 0.3 is 5.97 Å². The van der Waals surface area contributed by atoms with E-state index in [1.807, 2.05) is 0 Å². The zero-order chi connectivity index (χ0) is 19.0. The van der Waals surface area contributed by atoms with Gasteiger partial charge < -0.3 is 14.6 Å². The first-order valence-electron chi connectivity index (χ1n) is 7.93. The number of benzene rings is 2. The van der Waals surface area contributed by atoms with Crippen LogP contribution in [0.5, 0.6) is 5.75 Å². The maximum absolute atomic E-state index is 12.5. The van der Waals surface area contributed by atoms with Crippen molar-refractivity contribution in [1.82, 2.24) is 4.72 Å². The monoisotopic (exact) mass is 379 g/mol. The Labute approximate surface area is 152 Å². The van der Waals surface area contributed by atoms with Crippen LogP contribution in [0.25, 0.3) is 0 Å². The van der Waals surface area contributed by atoms with Crippen LogP contribution in [0.15, 0.2) is 59.5 Å². The highest BCUT2D eigenvalue weighted by atomic mass is 32.2. The van der Waals surface area contributed by atoms with E-state index in [-0.39, 0.29) is 11.3 Å². The van der Waals surface area contributed by atoms with Crippen molar-refractivity contribution in [3.8, 4) is 5.75 Å². The largest absolute Gasteiger partial charge is 0.491 e. The van der Waals surface area contributed by atoms with Gasteiger partial charge in [0.1, 0.15) is 18.4 Å². The summed E-state index contributed by atoms with van der Waals surface area (Å²) >= 11 is 0. The third-order valence-corrected chi connectivity index (χ3v) is 5.06. The van der Waals surface area contributed by atoms with Crippen molar-refractivity contribution in [3.63, 3.8) is 0 Å². The molecule has 0 aliphatic carbocycles. The summed E-state index contributed by atoms with van der Waals surface area (Å²) in [5, 5.41) is 9.35. The van der Waals surface area contributed by atoms with Crippen LogP contribution >= 0.6 is 0 Å². The molecule has 2 rings (SSSR count). The lowest BCUT2D eigenvalue weighted by Gasteiger charge is -2.15. The van der Waals surface area contributed by atoms with E-state index < -0.39 is 22.0 Å². The van der Waals surface area contributed by atoms with Gasteiger partial charge in [0, 0.05) is 7.11 Å². The average molecular weight is 379 g/mol. The molecule has 0 fully saturated rings. The molecule has 0 aliphatic rings. The van der Waals surface area contributed by atoms with E-state index in [2.05, 4.69) is 4.72 Å². The molecule has 140 valence electrons. The van der Waals surface area contributed by atoms with E-state index in [1.54, 1.807) is 37.4 Å². The highest BCUT2D eigenvalue weighted by Gasteiger charge is 2.25. The van der Waals surface area contributed by atoms with Crippen LogP contribution in [0, 0.1) is 0 Å². The SMILES string of the molecule is COCCOc1ccc(S(=O)(=O)N[C@H](Cc2ccccc2)C(=O)O)cc1. The van der Waals surface area contributed by atoms with Crippen LogP contribution in [0.2, 0.25) is 0 Å². The van der Waals surface area contributed by atoms with Crippen LogP contribution in [-0.2, 0) is 26.0 Å². The number of carbonyl (C=O) groups is 1. The minimum atomic E-state index is -3.98. The van der Waals surface area contributed by atoms with Gasteiger partial charge in [-0.25, -0.2) is 8.42 Å². The third kappa shape index (κ3) is 5.83. The minimum absolute atomic E-state index is 0.0316. The summed E-state index contributed by atoms with van der Waals surface area (Å²) in [5.41, 5.74) is 0.726. The first kappa shape index (κ1) is 19.9. The van der Waals surface area contributed by atoms with Crippen molar-refractivity contribution >= 4 is 16.0 Å². The maximum Gasteiger partial charge on any atom is 0.322 e. The summed E-state index contributed by atoms with van der Waals surface area (Å²) in [6.45, 7) is 0.764. The van der Waals surface area contributed by atoms with Gasteiger partial charge in [-0.2, -0.15) is 4.72 Å². The molecule has 0 unspecified atom stereocenters. The zero-order valence-electron chi connectivity index (χ0n) is 14.3. The smallest absolute Gasteiger partial charge is 0.322 e. The molecule has 0 heterocycles. The molecule has 0 spiro atoms. The molecule has 26 heavy (non-hydrogen) atoms. The number of hydrogen-bond acceptors (Lipinski definition) is 5. The molecule has 0 amide bonds. The maximum atomic E-state index is 12.5. The number of carboxylic acids is 1. The van der Waals surface area contributed by atoms with Gasteiger partial charge in [-0.3, -0.25) is 4.79 Å². The zero-order valence-corrected chi connectivity index (χ0v) is 15.1. The Morgan fingerprint density at radius 2 is 1.73 bits per heavy atom. The second-order valence-electron chi connectivity index (χ2n) is 5.51. The van der Waals surface area contributed by atoms with Crippen LogP contribution < -0.4 is 9.46 Å². The van der Waals surface area contributed by atoms with E-state index in [4.69, 9.17) is 9.47 Å². The normalized spacial score (nSPS) is 12.5. The average Bonchev–Trinajstić information content (AvgIpc) is 2.62. The Bertz CT molecular complexity index is 805. The minimum Gasteiger partial charge on any atom is -0.491 e. The number of carboxylic acid groups (broad SMARTS) is 1. The highest BCUT2D eigenvalue weighted by Crippen LogP contribution is 2.17. The molecule has 8 heteroatoms. The van der Waals surface area contributed by atoms with Crippen LogP contribution in [0.4, 0.5) is 0 Å². The summed E-state index contributed by atoms with van der Waals surface area (Å²) < 4.78 is 37.4. The molecule has 1 atom stereocenters. The molecular weight excluding hydrogens is 358 g/mol. The van der Waals surface area contributed by atoms with Gasteiger partial charge in [0.2, 0.25) is 10.0 Å². The van der Waals surface area contributed by atoms with E-state index in [1.165, 1.54) is 24.3 Å². The highest BCUT2D eigenvalue weighted by molar-refractivity contribution is 7.89. The van der Waals surface area contributed by atoms with E-state index >= 15 is 0 Å². The number of hydrogen-bond donors (Lipinski definition) is 2. The molecule has 2 aromatic rings. The molecule has 7 nitrogen and oxygen atoms in total. The fourth-order valence-electron chi connectivity index (χ4n) is 2.24. The second kappa shape index (κ2) is 9.33. The van der Waals surface area contributed by atoms with Crippen molar-refractivity contribution in [3.05, 3.63) is 60.2 Å². The predicted octanol–water partition coefficient (Wildman–Crippen LogP) is 1.69. The molecule has 2 aromatic carbocycles. The number of sulfonamides is 1. The number of rotatable bonds is 10. The molecule has 0 saturated carbocycles. The predicted molar refractivity (Wildman–Crippen MR) is 95.7 cm³/mol. The Morgan fingerprint density at radius 1 is 1.08 bits per heavy atom. The lowest BCUT2D eigenvalue weighted by molar-refractivity contribution is -0.138. The number of aliphatic carboxylic acids is 1. The van der Waals surface area contributed by atoms with Crippen LogP contribution in [0.1, 0.15) is 5.56 Å². The molecular formula is C18H21NO6S. The Balaban J connectivity index is 2.08. The summed E-state index contributed by atoms with van der Waals surface area (Å²) in [4.78, 5) is 11.4. The summed E-state index contributed by atoms with van der Waals surface area (Å²) in [6.07, 6.45) is 0.0492. The summed E-state index contributed by atoms with van der Waals surface area (Å²) in [6, 6.07) is 13.3. The van der Waals surface area contributed by atoms with E-state index in [0.717, 1.165) is 5.56 Å². The van der Waals surface area contributed by atoms with E-state index in [9.17, 15) is 18.3 Å². The third-order valence-electron chi connectivity index (χ3n) is 3.57. The van der Waals surface area contributed by atoms with Crippen LogP contribution in [-0.4, -0.2) is 45.9 Å². The van der Waals surface area contributed by atoms with Gasteiger partial charge in [-0.1, -0.05) is 30.3 Å². The number of nitrogens with one attached hydrogen (secondary N) is 1. The fourth-order valence-corrected chi connectivity index (χ4v) is 3.43. The quantitative estimate of drug-likeness (QED) is 0.609. The molecule has 0 radical (unpaired) electrons. The molecule has 0 aromatic heterocycles. The molecule has 0 saturated heterocycles. The molecule has 0 bridgehead atoms. The van der Waals surface area contributed by atoms with Gasteiger partial charge in [0.25, 0.3) is 0 Å². The van der Waals surface area contributed by atoms with Gasteiger partial charge in [-0.15, -0.1) is 0 Å². The molecule has 0 aliphatic heterocycles. The van der Waals surface area contributed by atoms with Crippen molar-refractivity contribution in [2.24, 2.45) is 0 Å².